The van der Waals surface area contributed by atoms with Crippen molar-refractivity contribution in [3.05, 3.63) is 23.5 Å². The molecule has 86 valence electrons. The number of aromatic nitrogens is 1. The van der Waals surface area contributed by atoms with Crippen LogP contribution in [0.5, 0.6) is 0 Å². The van der Waals surface area contributed by atoms with Gasteiger partial charge in [0.05, 0.1) is 12.8 Å². The number of ketones is 1. The van der Waals surface area contributed by atoms with Crippen molar-refractivity contribution in [3.8, 4) is 0 Å². The average molecular weight is 222 g/mol. The zero-order chi connectivity index (χ0) is 12.0. The Hall–Kier alpha value is -1.91. The predicted octanol–water partition coefficient (Wildman–Crippen LogP) is 1.34. The van der Waals surface area contributed by atoms with Gasteiger partial charge in [-0.25, -0.2) is 4.79 Å². The van der Waals surface area contributed by atoms with Gasteiger partial charge in [-0.1, -0.05) is 0 Å². The van der Waals surface area contributed by atoms with E-state index in [9.17, 15) is 9.59 Å². The monoisotopic (exact) mass is 222 g/mol. The molecule has 0 aliphatic heterocycles. The lowest BCUT2D eigenvalue weighted by atomic mass is 10.1. The van der Waals surface area contributed by atoms with Crippen molar-refractivity contribution in [2.75, 3.05) is 6.61 Å². The molecule has 2 N–H and O–H groups in total. The van der Waals surface area contributed by atoms with Crippen LogP contribution < -0.4 is 0 Å². The highest BCUT2D eigenvalue weighted by molar-refractivity contribution is 6.26. The molecule has 1 heterocycles. The molecule has 1 rings (SSSR count). The number of hydrogen-bond donors (Lipinski definition) is 2. The van der Waals surface area contributed by atoms with E-state index in [-0.39, 0.29) is 12.2 Å². The fourth-order valence-corrected chi connectivity index (χ4v) is 1.25. The van der Waals surface area contributed by atoms with Gasteiger partial charge < -0.3 is 15.1 Å². The van der Waals surface area contributed by atoms with Gasteiger partial charge in [-0.05, 0) is 25.0 Å². The Morgan fingerprint density at radius 3 is 2.94 bits per heavy atom. The van der Waals surface area contributed by atoms with Gasteiger partial charge >= 0.3 is 5.97 Å². The van der Waals surface area contributed by atoms with Crippen LogP contribution in [0.25, 0.3) is 0 Å². The van der Waals surface area contributed by atoms with Crippen LogP contribution in [0.3, 0.4) is 0 Å². The summed E-state index contributed by atoms with van der Waals surface area (Å²) in [4.78, 5) is 25.0. The number of aryl methyl sites for hydroxylation is 1. The number of esters is 1. The number of H-pyrrole nitrogens is 1. The molecule has 16 heavy (non-hydrogen) atoms. The number of carbonyl (C=O) groups excluding carboxylic acids is 2. The molecule has 0 saturated carbocycles. The van der Waals surface area contributed by atoms with Gasteiger partial charge in [0.15, 0.2) is 5.78 Å². The Morgan fingerprint density at radius 2 is 2.31 bits per heavy atom. The second-order valence-corrected chi connectivity index (χ2v) is 3.25. The third-order valence-corrected chi connectivity index (χ3v) is 2.06. The van der Waals surface area contributed by atoms with Crippen LogP contribution in [0.1, 0.15) is 29.4 Å². The maximum atomic E-state index is 11.3. The van der Waals surface area contributed by atoms with Crippen LogP contribution in [0.2, 0.25) is 0 Å². The highest BCUT2D eigenvalue weighted by Crippen LogP contribution is 2.07. The Labute approximate surface area is 93.3 Å². The van der Waals surface area contributed by atoms with E-state index in [1.807, 2.05) is 0 Å². The van der Waals surface area contributed by atoms with Gasteiger partial charge in [-0.15, -0.1) is 0 Å². The molecule has 0 aliphatic rings. The molecule has 5 nitrogen and oxygen atoms in total. The first-order chi connectivity index (χ1) is 7.67. The van der Waals surface area contributed by atoms with E-state index in [1.54, 1.807) is 19.2 Å². The van der Waals surface area contributed by atoms with Gasteiger partial charge in [-0.2, -0.15) is 0 Å². The third kappa shape index (κ3) is 3.34. The van der Waals surface area contributed by atoms with Gasteiger partial charge in [0.2, 0.25) is 0 Å². The summed E-state index contributed by atoms with van der Waals surface area (Å²) in [6, 6.07) is 1.66. The zero-order valence-corrected chi connectivity index (χ0v) is 9.08. The molecular formula is C11H14N2O3. The van der Waals surface area contributed by atoms with E-state index in [4.69, 9.17) is 10.1 Å². The molecule has 0 unspecified atom stereocenters. The number of aromatic amines is 1. The Morgan fingerprint density at radius 1 is 1.56 bits per heavy atom. The summed E-state index contributed by atoms with van der Waals surface area (Å²) in [5, 5.41) is 6.75. The minimum Gasteiger partial charge on any atom is -0.461 e. The summed E-state index contributed by atoms with van der Waals surface area (Å²) in [6.07, 6.45) is 3.27. The molecular weight excluding hydrogens is 208 g/mol. The molecule has 0 spiro atoms. The van der Waals surface area contributed by atoms with E-state index in [0.717, 1.165) is 11.8 Å². The molecule has 0 bridgehead atoms. The van der Waals surface area contributed by atoms with E-state index in [2.05, 4.69) is 4.98 Å². The lowest BCUT2D eigenvalue weighted by molar-refractivity contribution is -0.112. The van der Waals surface area contributed by atoms with Crippen molar-refractivity contribution >= 4 is 18.0 Å². The topological polar surface area (TPSA) is 83.0 Å². The Kier molecular flexibility index (Phi) is 4.44. The number of ether oxygens (including phenoxy) is 1. The molecule has 0 atom stereocenters. The molecule has 1 aromatic rings. The number of nitrogens with one attached hydrogen (secondary N) is 2. The molecule has 0 amide bonds. The Bertz CT molecular complexity index is 396. The quantitative estimate of drug-likeness (QED) is 0.562. The molecule has 0 saturated heterocycles. The fraction of sp³-hybridized carbons (Fsp3) is 0.364. The standard InChI is InChI=1S/C11H14N2O3/c1-2-16-11(15)10-5-8(7-13-10)3-4-9(14)6-12/h5-7,12-13H,2-4H2,1H3. The average Bonchev–Trinajstić information content (AvgIpc) is 2.75. The zero-order valence-electron chi connectivity index (χ0n) is 9.08. The van der Waals surface area contributed by atoms with Crippen molar-refractivity contribution in [1.82, 2.24) is 4.98 Å². The first kappa shape index (κ1) is 12.2. The van der Waals surface area contributed by atoms with Crippen molar-refractivity contribution in [1.29, 1.82) is 5.41 Å². The maximum absolute atomic E-state index is 11.3. The minimum atomic E-state index is -0.396. The number of hydrogen-bond acceptors (Lipinski definition) is 4. The van der Waals surface area contributed by atoms with Crippen LogP contribution in [0, 0.1) is 5.41 Å². The van der Waals surface area contributed by atoms with Gasteiger partial charge in [0, 0.05) is 12.6 Å². The molecule has 0 fully saturated rings. The highest BCUT2D eigenvalue weighted by atomic mass is 16.5. The van der Waals surface area contributed by atoms with Crippen LogP contribution >= 0.6 is 0 Å². The van der Waals surface area contributed by atoms with Crippen molar-refractivity contribution in [3.63, 3.8) is 0 Å². The van der Waals surface area contributed by atoms with Crippen LogP contribution in [0.4, 0.5) is 0 Å². The molecule has 0 aliphatic carbocycles. The SMILES string of the molecule is CCOC(=O)c1cc(CCC(=O)C=N)c[nH]1. The van der Waals surface area contributed by atoms with E-state index in [0.29, 0.717) is 18.7 Å². The lowest BCUT2D eigenvalue weighted by Gasteiger charge is -1.97. The van der Waals surface area contributed by atoms with Gasteiger partial charge in [0.25, 0.3) is 0 Å². The molecule has 0 radical (unpaired) electrons. The molecule has 5 heteroatoms. The number of rotatable bonds is 6. The second-order valence-electron chi connectivity index (χ2n) is 3.25. The van der Waals surface area contributed by atoms with Crippen LogP contribution in [-0.2, 0) is 16.0 Å². The summed E-state index contributed by atoms with van der Waals surface area (Å²) >= 11 is 0. The van der Waals surface area contributed by atoms with Gasteiger partial charge in [-0.3, -0.25) is 4.79 Å². The summed E-state index contributed by atoms with van der Waals surface area (Å²) in [7, 11) is 0. The normalized spacial score (nSPS) is 9.81. The fourth-order valence-electron chi connectivity index (χ4n) is 1.25. The first-order valence-corrected chi connectivity index (χ1v) is 5.05. The first-order valence-electron chi connectivity index (χ1n) is 5.05. The van der Waals surface area contributed by atoms with Crippen LogP contribution in [0.15, 0.2) is 12.3 Å². The minimum absolute atomic E-state index is 0.223. The summed E-state index contributed by atoms with van der Waals surface area (Å²) < 4.78 is 4.81. The van der Waals surface area contributed by atoms with E-state index >= 15 is 0 Å². The smallest absolute Gasteiger partial charge is 0.354 e. The van der Waals surface area contributed by atoms with E-state index in [1.165, 1.54) is 0 Å². The number of carbonyl (C=O) groups is 2. The largest absolute Gasteiger partial charge is 0.461 e. The molecule has 0 aromatic carbocycles. The highest BCUT2D eigenvalue weighted by Gasteiger charge is 2.09. The van der Waals surface area contributed by atoms with Crippen LogP contribution in [-0.4, -0.2) is 29.6 Å². The summed E-state index contributed by atoms with van der Waals surface area (Å²) in [6.45, 7) is 2.07. The van der Waals surface area contributed by atoms with Crippen molar-refractivity contribution in [2.45, 2.75) is 19.8 Å². The van der Waals surface area contributed by atoms with Crippen molar-refractivity contribution < 1.29 is 14.3 Å². The second kappa shape index (κ2) is 5.85. The van der Waals surface area contributed by atoms with Crippen molar-refractivity contribution in [2.24, 2.45) is 0 Å². The Balaban J connectivity index is 2.54. The summed E-state index contributed by atoms with van der Waals surface area (Å²) in [5.74, 6) is -0.619. The maximum Gasteiger partial charge on any atom is 0.354 e. The number of Topliss-reactive ketones (excluding diaryl/α,β-unsaturated/α-hetero) is 1. The lowest BCUT2D eigenvalue weighted by Crippen LogP contribution is -2.04. The predicted molar refractivity (Wildman–Crippen MR) is 58.9 cm³/mol. The third-order valence-electron chi connectivity index (χ3n) is 2.06. The summed E-state index contributed by atoms with van der Waals surface area (Å²) in [5.41, 5.74) is 1.25. The van der Waals surface area contributed by atoms with Gasteiger partial charge in [0.1, 0.15) is 5.69 Å². The van der Waals surface area contributed by atoms with E-state index < -0.39 is 5.97 Å². The molecule has 1 aromatic heterocycles.